The van der Waals surface area contributed by atoms with Crippen molar-refractivity contribution in [3.05, 3.63) is 77.5 Å². The van der Waals surface area contributed by atoms with Crippen molar-refractivity contribution in [3.63, 3.8) is 0 Å². The third-order valence-corrected chi connectivity index (χ3v) is 6.92. The Balaban J connectivity index is 1.63. The van der Waals surface area contributed by atoms with Crippen molar-refractivity contribution in [2.75, 3.05) is 11.5 Å². The topological polar surface area (TPSA) is 81.1 Å². The van der Waals surface area contributed by atoms with Crippen LogP contribution >= 0.6 is 0 Å². The van der Waals surface area contributed by atoms with Crippen LogP contribution < -0.4 is 5.32 Å². The Hall–Kier alpha value is -2.93. The first-order valence-electron chi connectivity index (χ1n) is 9.60. The van der Waals surface area contributed by atoms with Gasteiger partial charge in [0.1, 0.15) is 0 Å². The van der Waals surface area contributed by atoms with Crippen molar-refractivity contribution < 1.29 is 13.2 Å². The molecule has 6 nitrogen and oxygen atoms in total. The van der Waals surface area contributed by atoms with Crippen molar-refractivity contribution in [2.45, 2.75) is 25.9 Å². The van der Waals surface area contributed by atoms with Crippen LogP contribution in [0.3, 0.4) is 0 Å². The molecule has 0 spiro atoms. The highest BCUT2D eigenvalue weighted by molar-refractivity contribution is 7.91. The molecule has 3 aromatic rings. The van der Waals surface area contributed by atoms with Crippen molar-refractivity contribution in [1.29, 1.82) is 0 Å². The number of carbonyl (C=O) groups is 1. The molecular formula is C22H23N3O3S. The standard InChI is InChI=1S/C22H23N3O3S/c1-16-7-9-18(10-8-16)21-13-20(22(26)23-14-17-5-3-2-4-6-17)24-25(21)19-11-12-29(27,28)15-19/h2-10,13,19H,11-12,14-15H2,1H3,(H,23,26)/t19-/m0/s1. The van der Waals surface area contributed by atoms with Gasteiger partial charge < -0.3 is 5.32 Å². The number of rotatable bonds is 5. The molecule has 4 rings (SSSR count). The summed E-state index contributed by atoms with van der Waals surface area (Å²) in [4.78, 5) is 12.7. The Morgan fingerprint density at radius 1 is 1.14 bits per heavy atom. The molecule has 7 heteroatoms. The van der Waals surface area contributed by atoms with Gasteiger partial charge in [-0.05, 0) is 30.5 Å². The normalized spacial score (nSPS) is 17.9. The van der Waals surface area contributed by atoms with Gasteiger partial charge in [-0.2, -0.15) is 5.10 Å². The summed E-state index contributed by atoms with van der Waals surface area (Å²) in [7, 11) is -3.07. The van der Waals surface area contributed by atoms with E-state index in [1.165, 1.54) is 0 Å². The number of hydrogen-bond donors (Lipinski definition) is 1. The molecule has 0 saturated carbocycles. The first-order valence-corrected chi connectivity index (χ1v) is 11.4. The molecule has 1 aliphatic heterocycles. The van der Waals surface area contributed by atoms with Crippen LogP contribution in [0, 0.1) is 6.92 Å². The first-order chi connectivity index (χ1) is 13.9. The van der Waals surface area contributed by atoms with Crippen molar-refractivity contribution in [1.82, 2.24) is 15.1 Å². The van der Waals surface area contributed by atoms with Crippen molar-refractivity contribution >= 4 is 15.7 Å². The van der Waals surface area contributed by atoms with Crippen LogP contribution in [0.25, 0.3) is 11.3 Å². The molecule has 2 heterocycles. The van der Waals surface area contributed by atoms with Gasteiger partial charge >= 0.3 is 0 Å². The minimum Gasteiger partial charge on any atom is -0.347 e. The molecule has 1 amide bonds. The third kappa shape index (κ3) is 4.40. The highest BCUT2D eigenvalue weighted by Crippen LogP contribution is 2.30. The van der Waals surface area contributed by atoms with E-state index in [2.05, 4.69) is 10.4 Å². The number of hydrogen-bond acceptors (Lipinski definition) is 4. The summed E-state index contributed by atoms with van der Waals surface area (Å²) in [6.45, 7) is 2.41. The second-order valence-corrected chi connectivity index (χ2v) is 9.68. The Labute approximate surface area is 170 Å². The van der Waals surface area contributed by atoms with Crippen LogP contribution in [0.4, 0.5) is 0 Å². The molecule has 0 radical (unpaired) electrons. The number of carbonyl (C=O) groups excluding carboxylic acids is 1. The number of benzene rings is 2. The van der Waals surface area contributed by atoms with Gasteiger partial charge in [0, 0.05) is 6.54 Å². The van der Waals surface area contributed by atoms with Crippen LogP contribution in [0.2, 0.25) is 0 Å². The van der Waals surface area contributed by atoms with E-state index in [1.807, 2.05) is 61.5 Å². The maximum absolute atomic E-state index is 12.7. The van der Waals surface area contributed by atoms with Gasteiger partial charge in [-0.25, -0.2) is 8.42 Å². The minimum atomic E-state index is -3.07. The first kappa shape index (κ1) is 19.4. The number of amides is 1. The number of nitrogens with zero attached hydrogens (tertiary/aromatic N) is 2. The molecule has 1 aliphatic rings. The smallest absolute Gasteiger partial charge is 0.272 e. The Morgan fingerprint density at radius 3 is 2.52 bits per heavy atom. The fraction of sp³-hybridized carbons (Fsp3) is 0.273. The highest BCUT2D eigenvalue weighted by atomic mass is 32.2. The second-order valence-electron chi connectivity index (χ2n) is 7.45. The Bertz CT molecular complexity index is 1120. The van der Waals surface area contributed by atoms with E-state index in [4.69, 9.17) is 0 Å². The SMILES string of the molecule is Cc1ccc(-c2cc(C(=O)NCc3ccccc3)nn2[C@H]2CCS(=O)(=O)C2)cc1. The summed E-state index contributed by atoms with van der Waals surface area (Å²) >= 11 is 0. The Morgan fingerprint density at radius 2 is 1.86 bits per heavy atom. The highest BCUT2D eigenvalue weighted by Gasteiger charge is 2.32. The predicted octanol–water partition coefficient (Wildman–Crippen LogP) is 3.15. The zero-order valence-electron chi connectivity index (χ0n) is 16.2. The van der Waals surface area contributed by atoms with Gasteiger partial charge in [-0.1, -0.05) is 60.2 Å². The van der Waals surface area contributed by atoms with Crippen LogP contribution in [0.1, 0.15) is 34.1 Å². The Kier molecular flexibility index (Phi) is 5.24. The zero-order chi connectivity index (χ0) is 20.4. The monoisotopic (exact) mass is 409 g/mol. The summed E-state index contributed by atoms with van der Waals surface area (Å²) in [6, 6.07) is 19.1. The zero-order valence-corrected chi connectivity index (χ0v) is 17.0. The van der Waals surface area contributed by atoms with Crippen LogP contribution in [-0.2, 0) is 16.4 Å². The molecule has 1 atom stereocenters. The lowest BCUT2D eigenvalue weighted by atomic mass is 10.1. The van der Waals surface area contributed by atoms with Crippen LogP contribution in [0.15, 0.2) is 60.7 Å². The summed E-state index contributed by atoms with van der Waals surface area (Å²) < 4.78 is 25.7. The number of nitrogens with one attached hydrogen (secondary N) is 1. The summed E-state index contributed by atoms with van der Waals surface area (Å²) in [6.07, 6.45) is 0.508. The lowest BCUT2D eigenvalue weighted by molar-refractivity contribution is 0.0945. The molecule has 0 aliphatic carbocycles. The summed E-state index contributed by atoms with van der Waals surface area (Å²) in [5.41, 5.74) is 4.09. The molecule has 1 fully saturated rings. The fourth-order valence-corrected chi connectivity index (χ4v) is 5.25. The molecule has 1 aromatic heterocycles. The van der Waals surface area contributed by atoms with Gasteiger partial charge in [-0.3, -0.25) is 9.48 Å². The molecule has 150 valence electrons. The lowest BCUT2D eigenvalue weighted by Crippen LogP contribution is -2.23. The van der Waals surface area contributed by atoms with E-state index in [9.17, 15) is 13.2 Å². The van der Waals surface area contributed by atoms with Gasteiger partial charge in [-0.15, -0.1) is 0 Å². The van der Waals surface area contributed by atoms with Gasteiger partial charge in [0.15, 0.2) is 15.5 Å². The van der Waals surface area contributed by atoms with E-state index in [0.29, 0.717) is 18.7 Å². The maximum atomic E-state index is 12.7. The van der Waals surface area contributed by atoms with E-state index in [-0.39, 0.29) is 23.5 Å². The molecule has 1 saturated heterocycles. The number of sulfone groups is 1. The van der Waals surface area contributed by atoms with E-state index in [0.717, 1.165) is 22.4 Å². The average molecular weight is 410 g/mol. The van der Waals surface area contributed by atoms with Gasteiger partial charge in [0.2, 0.25) is 0 Å². The molecule has 0 bridgehead atoms. The lowest BCUT2D eigenvalue weighted by Gasteiger charge is -2.13. The number of aryl methyl sites for hydroxylation is 1. The predicted molar refractivity (Wildman–Crippen MR) is 112 cm³/mol. The van der Waals surface area contributed by atoms with E-state index >= 15 is 0 Å². The molecule has 29 heavy (non-hydrogen) atoms. The maximum Gasteiger partial charge on any atom is 0.272 e. The molecule has 2 aromatic carbocycles. The van der Waals surface area contributed by atoms with Gasteiger partial charge in [0.05, 0.1) is 23.2 Å². The molecule has 1 N–H and O–H groups in total. The third-order valence-electron chi connectivity index (χ3n) is 5.17. The largest absolute Gasteiger partial charge is 0.347 e. The fourth-order valence-electron chi connectivity index (χ4n) is 3.56. The van der Waals surface area contributed by atoms with E-state index < -0.39 is 9.84 Å². The molecule has 0 unspecified atom stereocenters. The minimum absolute atomic E-state index is 0.0542. The second kappa shape index (κ2) is 7.83. The van der Waals surface area contributed by atoms with Crippen LogP contribution in [-0.4, -0.2) is 35.6 Å². The van der Waals surface area contributed by atoms with Crippen molar-refractivity contribution in [3.8, 4) is 11.3 Å². The quantitative estimate of drug-likeness (QED) is 0.702. The van der Waals surface area contributed by atoms with Crippen molar-refractivity contribution in [2.24, 2.45) is 0 Å². The summed E-state index contributed by atoms with van der Waals surface area (Å²) in [5, 5.41) is 7.40. The van der Waals surface area contributed by atoms with Gasteiger partial charge in [0.25, 0.3) is 5.91 Å². The average Bonchev–Trinajstić information content (AvgIpc) is 3.31. The summed E-state index contributed by atoms with van der Waals surface area (Å²) in [5.74, 6) is -0.0687. The number of aromatic nitrogens is 2. The van der Waals surface area contributed by atoms with Crippen LogP contribution in [0.5, 0.6) is 0 Å². The van der Waals surface area contributed by atoms with E-state index in [1.54, 1.807) is 10.7 Å². The molecular weight excluding hydrogens is 386 g/mol.